The van der Waals surface area contributed by atoms with Crippen LogP contribution in [0.2, 0.25) is 0 Å². The number of aromatic nitrogens is 5. The van der Waals surface area contributed by atoms with Crippen LogP contribution in [0.3, 0.4) is 0 Å². The fourth-order valence-corrected chi connectivity index (χ4v) is 3.03. The van der Waals surface area contributed by atoms with Gasteiger partial charge in [0.1, 0.15) is 34.3 Å². The van der Waals surface area contributed by atoms with Crippen LogP contribution in [0, 0.1) is 5.82 Å². The smallest absolute Gasteiger partial charge is 0.158 e. The quantitative estimate of drug-likeness (QED) is 0.444. The van der Waals surface area contributed by atoms with E-state index >= 15 is 0 Å². The molecule has 0 saturated carbocycles. The Kier molecular flexibility index (Phi) is 4.36. The van der Waals surface area contributed by atoms with E-state index in [1.165, 1.54) is 12.1 Å². The van der Waals surface area contributed by atoms with Gasteiger partial charge < -0.3 is 19.0 Å². The minimum absolute atomic E-state index is 0.335. The van der Waals surface area contributed by atoms with Gasteiger partial charge in [0.25, 0.3) is 0 Å². The van der Waals surface area contributed by atoms with Crippen LogP contribution in [0.25, 0.3) is 22.6 Å². The van der Waals surface area contributed by atoms with Gasteiger partial charge in [0.15, 0.2) is 11.6 Å². The van der Waals surface area contributed by atoms with Crippen LogP contribution in [0.4, 0.5) is 4.39 Å². The van der Waals surface area contributed by atoms with Crippen molar-refractivity contribution in [3.63, 3.8) is 0 Å². The predicted octanol–water partition coefficient (Wildman–Crippen LogP) is 5.08. The number of fused-ring (bicyclic) bond motifs is 1. The van der Waals surface area contributed by atoms with Gasteiger partial charge in [-0.15, -0.1) is 0 Å². The van der Waals surface area contributed by atoms with E-state index in [1.54, 1.807) is 43.0 Å². The Morgan fingerprint density at radius 2 is 1.87 bits per heavy atom. The maximum atomic E-state index is 13.3. The Labute approximate surface area is 170 Å². The lowest BCUT2D eigenvalue weighted by molar-refractivity contribution is 0.462. The number of aryl methyl sites for hydroxylation is 1. The maximum Gasteiger partial charge on any atom is 0.158 e. The van der Waals surface area contributed by atoms with Crippen molar-refractivity contribution in [2.75, 3.05) is 0 Å². The van der Waals surface area contributed by atoms with Crippen molar-refractivity contribution >= 4 is 11.0 Å². The van der Waals surface area contributed by atoms with E-state index in [0.717, 1.165) is 0 Å². The summed E-state index contributed by atoms with van der Waals surface area (Å²) in [5.74, 6) is 2.36. The molecule has 0 saturated heterocycles. The summed E-state index contributed by atoms with van der Waals surface area (Å²) >= 11 is 0. The number of benzene rings is 2. The lowest BCUT2D eigenvalue weighted by Crippen LogP contribution is -1.90. The van der Waals surface area contributed by atoms with Gasteiger partial charge >= 0.3 is 0 Å². The lowest BCUT2D eigenvalue weighted by atomic mass is 10.2. The summed E-state index contributed by atoms with van der Waals surface area (Å²) in [6, 6.07) is 13.0. The molecule has 0 aliphatic heterocycles. The van der Waals surface area contributed by atoms with Gasteiger partial charge in [0.2, 0.25) is 0 Å². The van der Waals surface area contributed by atoms with Crippen LogP contribution in [0.1, 0.15) is 0 Å². The monoisotopic (exact) mass is 401 g/mol. The topological polar surface area (TPSA) is 77.8 Å². The van der Waals surface area contributed by atoms with E-state index in [9.17, 15) is 4.39 Å². The summed E-state index contributed by atoms with van der Waals surface area (Å²) in [6.07, 6.45) is 6.87. The Morgan fingerprint density at radius 1 is 1.00 bits per heavy atom. The highest BCUT2D eigenvalue weighted by molar-refractivity contribution is 5.86. The number of hydrogen-bond donors (Lipinski definition) is 1. The molecule has 0 bridgehead atoms. The number of hydrogen-bond acceptors (Lipinski definition) is 5. The average molecular weight is 401 g/mol. The van der Waals surface area contributed by atoms with Crippen molar-refractivity contribution in [1.29, 1.82) is 0 Å². The summed E-state index contributed by atoms with van der Waals surface area (Å²) in [5.41, 5.74) is 2.03. The highest BCUT2D eigenvalue weighted by Crippen LogP contribution is 2.36. The van der Waals surface area contributed by atoms with Crippen LogP contribution in [0.15, 0.2) is 73.4 Å². The Balaban J connectivity index is 1.59. The largest absolute Gasteiger partial charge is 0.456 e. The zero-order valence-electron chi connectivity index (χ0n) is 15.9. The molecule has 7 nitrogen and oxygen atoms in total. The first-order chi connectivity index (χ1) is 14.6. The standard InChI is InChI=1S/C22H16FN5O2/c1-28-12-19(25-13-28)22-26-18-9-17(29-16-3-2-8-24-11-16)10-20(21(18)27-22)30-15-6-4-14(23)5-7-15/h2-13H,1H3,(H,26,27). The average Bonchev–Trinajstić information content (AvgIpc) is 3.37. The minimum atomic E-state index is -0.335. The predicted molar refractivity (Wildman–Crippen MR) is 109 cm³/mol. The second-order valence-corrected chi connectivity index (χ2v) is 6.67. The lowest BCUT2D eigenvalue weighted by Gasteiger charge is -2.10. The van der Waals surface area contributed by atoms with Crippen molar-refractivity contribution in [2.24, 2.45) is 7.05 Å². The maximum absolute atomic E-state index is 13.3. The number of pyridine rings is 1. The number of aromatic amines is 1. The van der Waals surface area contributed by atoms with Gasteiger partial charge in [0.05, 0.1) is 18.0 Å². The van der Waals surface area contributed by atoms with Gasteiger partial charge in [-0.3, -0.25) is 4.98 Å². The summed E-state index contributed by atoms with van der Waals surface area (Å²) in [4.78, 5) is 16.3. The van der Waals surface area contributed by atoms with E-state index in [2.05, 4.69) is 19.9 Å². The molecule has 8 heteroatoms. The number of nitrogens with zero attached hydrogens (tertiary/aromatic N) is 4. The first-order valence-electron chi connectivity index (χ1n) is 9.17. The summed E-state index contributed by atoms with van der Waals surface area (Å²) in [6.45, 7) is 0. The van der Waals surface area contributed by atoms with E-state index in [4.69, 9.17) is 9.47 Å². The zero-order valence-corrected chi connectivity index (χ0v) is 15.9. The first kappa shape index (κ1) is 17.9. The molecule has 5 rings (SSSR count). The van der Waals surface area contributed by atoms with Crippen LogP contribution in [-0.4, -0.2) is 24.5 Å². The Morgan fingerprint density at radius 3 is 2.60 bits per heavy atom. The van der Waals surface area contributed by atoms with Gasteiger partial charge in [-0.25, -0.2) is 14.4 Å². The summed E-state index contributed by atoms with van der Waals surface area (Å²) in [5, 5.41) is 0. The van der Waals surface area contributed by atoms with Crippen molar-refractivity contribution < 1.29 is 13.9 Å². The SMILES string of the molecule is Cn1cnc(-c2nc3c(Oc4ccc(F)cc4)cc(Oc4cccnc4)cc3[nH]2)c1. The number of rotatable bonds is 5. The third-order valence-corrected chi connectivity index (χ3v) is 4.38. The van der Waals surface area contributed by atoms with Gasteiger partial charge in [-0.2, -0.15) is 0 Å². The third kappa shape index (κ3) is 3.58. The highest BCUT2D eigenvalue weighted by Gasteiger charge is 2.15. The second-order valence-electron chi connectivity index (χ2n) is 6.67. The van der Waals surface area contributed by atoms with Crippen molar-refractivity contribution in [3.05, 3.63) is 79.3 Å². The van der Waals surface area contributed by atoms with Crippen LogP contribution in [-0.2, 0) is 7.05 Å². The van der Waals surface area contributed by atoms with E-state index in [-0.39, 0.29) is 5.82 Å². The molecule has 2 aromatic carbocycles. The van der Waals surface area contributed by atoms with Gasteiger partial charge in [0, 0.05) is 31.6 Å². The fourth-order valence-electron chi connectivity index (χ4n) is 3.03. The summed E-state index contributed by atoms with van der Waals surface area (Å²) < 4.78 is 27.1. The molecule has 0 fully saturated rings. The number of halogens is 1. The fraction of sp³-hybridized carbons (Fsp3) is 0.0455. The number of imidazole rings is 2. The number of H-pyrrole nitrogens is 1. The molecule has 0 aliphatic rings. The molecule has 0 aliphatic carbocycles. The van der Waals surface area contributed by atoms with Gasteiger partial charge in [-0.1, -0.05) is 0 Å². The highest BCUT2D eigenvalue weighted by atomic mass is 19.1. The first-order valence-corrected chi connectivity index (χ1v) is 9.17. The van der Waals surface area contributed by atoms with Crippen molar-refractivity contribution in [2.45, 2.75) is 0 Å². The molecule has 3 heterocycles. The van der Waals surface area contributed by atoms with E-state index in [1.807, 2.05) is 29.9 Å². The Hall–Kier alpha value is -4.20. The van der Waals surface area contributed by atoms with Crippen LogP contribution < -0.4 is 9.47 Å². The molecule has 5 aromatic rings. The normalized spacial score (nSPS) is 11.0. The Bertz CT molecular complexity index is 1310. The number of ether oxygens (including phenoxy) is 2. The summed E-state index contributed by atoms with van der Waals surface area (Å²) in [7, 11) is 1.89. The van der Waals surface area contributed by atoms with Crippen molar-refractivity contribution in [1.82, 2.24) is 24.5 Å². The van der Waals surface area contributed by atoms with Crippen LogP contribution in [0.5, 0.6) is 23.0 Å². The van der Waals surface area contributed by atoms with Gasteiger partial charge in [-0.05, 0) is 36.4 Å². The molecule has 0 unspecified atom stereocenters. The van der Waals surface area contributed by atoms with Crippen molar-refractivity contribution in [3.8, 4) is 34.5 Å². The van der Waals surface area contributed by atoms with E-state index in [0.29, 0.717) is 45.5 Å². The molecule has 0 atom stereocenters. The minimum Gasteiger partial charge on any atom is -0.456 e. The molecular formula is C22H16FN5O2. The number of nitrogens with one attached hydrogen (secondary N) is 1. The molecular weight excluding hydrogens is 385 g/mol. The molecule has 3 aromatic heterocycles. The van der Waals surface area contributed by atoms with Crippen LogP contribution >= 0.6 is 0 Å². The third-order valence-electron chi connectivity index (χ3n) is 4.38. The molecule has 1 N–H and O–H groups in total. The molecule has 0 radical (unpaired) electrons. The molecule has 148 valence electrons. The molecule has 0 spiro atoms. The molecule has 30 heavy (non-hydrogen) atoms. The molecule has 0 amide bonds. The second kappa shape index (κ2) is 7.32. The van der Waals surface area contributed by atoms with E-state index < -0.39 is 0 Å². The zero-order chi connectivity index (χ0) is 20.5.